The number of anilines is 1. The first-order valence-electron chi connectivity index (χ1n) is 10.2. The molecule has 0 radical (unpaired) electrons. The zero-order valence-corrected chi connectivity index (χ0v) is 16.8. The lowest BCUT2D eigenvalue weighted by molar-refractivity contribution is -0.145. The van der Waals surface area contributed by atoms with Crippen molar-refractivity contribution in [2.24, 2.45) is 0 Å². The Morgan fingerprint density at radius 1 is 1.14 bits per heavy atom. The summed E-state index contributed by atoms with van der Waals surface area (Å²) in [5, 5.41) is 2.97. The second kappa shape index (κ2) is 8.95. The fourth-order valence-corrected chi connectivity index (χ4v) is 4.24. The molecule has 154 valence electrons. The summed E-state index contributed by atoms with van der Waals surface area (Å²) >= 11 is 0. The third-order valence-corrected chi connectivity index (χ3v) is 5.76. The van der Waals surface area contributed by atoms with Gasteiger partial charge < -0.3 is 19.5 Å². The number of rotatable bonds is 6. The summed E-state index contributed by atoms with van der Waals surface area (Å²) in [4.78, 5) is 14.7. The Labute approximate surface area is 171 Å². The summed E-state index contributed by atoms with van der Waals surface area (Å²) in [5.41, 5.74) is 0.599. The normalized spacial score (nSPS) is 24.5. The molecule has 1 amide bonds. The van der Waals surface area contributed by atoms with Gasteiger partial charge in [-0.3, -0.25) is 9.69 Å². The van der Waals surface area contributed by atoms with Gasteiger partial charge in [0.05, 0.1) is 18.2 Å². The number of hydrogen-bond donors (Lipinski definition) is 1. The van der Waals surface area contributed by atoms with Crippen LogP contribution in [0.2, 0.25) is 0 Å². The Bertz CT molecular complexity index is 803. The first kappa shape index (κ1) is 19.9. The predicted molar refractivity (Wildman–Crippen MR) is 111 cm³/mol. The number of nitrogens with zero attached hydrogens (tertiary/aromatic N) is 1. The summed E-state index contributed by atoms with van der Waals surface area (Å²) in [6, 6.07) is 17.0. The van der Waals surface area contributed by atoms with Gasteiger partial charge in [-0.05, 0) is 55.7 Å². The van der Waals surface area contributed by atoms with Gasteiger partial charge in [0.2, 0.25) is 5.91 Å². The number of hydrogen-bond acceptors (Lipinski definition) is 5. The van der Waals surface area contributed by atoms with Gasteiger partial charge in [0.25, 0.3) is 0 Å². The van der Waals surface area contributed by atoms with Gasteiger partial charge in [0.15, 0.2) is 0 Å². The third kappa shape index (κ3) is 4.78. The molecule has 0 bridgehead atoms. The average Bonchev–Trinajstić information content (AvgIpc) is 3.21. The van der Waals surface area contributed by atoms with Gasteiger partial charge in [-0.25, -0.2) is 0 Å². The molecule has 2 fully saturated rings. The highest BCUT2D eigenvalue weighted by atomic mass is 16.5. The molecule has 2 saturated heterocycles. The molecule has 29 heavy (non-hydrogen) atoms. The predicted octanol–water partition coefficient (Wildman–Crippen LogP) is 3.69. The lowest BCUT2D eigenvalue weighted by atomic mass is 9.86. The van der Waals surface area contributed by atoms with Crippen LogP contribution in [0.3, 0.4) is 0 Å². The maximum atomic E-state index is 12.5. The van der Waals surface area contributed by atoms with Crippen LogP contribution >= 0.6 is 0 Å². The van der Waals surface area contributed by atoms with Crippen molar-refractivity contribution in [1.29, 1.82) is 0 Å². The zero-order chi connectivity index (χ0) is 20.1. The second-order valence-corrected chi connectivity index (χ2v) is 7.71. The van der Waals surface area contributed by atoms with Crippen molar-refractivity contribution >= 4 is 11.6 Å². The first-order valence-corrected chi connectivity index (χ1v) is 10.2. The Morgan fingerprint density at radius 3 is 2.59 bits per heavy atom. The fraction of sp³-hybridized carbons (Fsp3) is 0.435. The molecule has 2 aliphatic heterocycles. The van der Waals surface area contributed by atoms with Crippen LogP contribution in [0.5, 0.6) is 11.5 Å². The summed E-state index contributed by atoms with van der Waals surface area (Å²) in [7, 11) is 1.73. The minimum absolute atomic E-state index is 0.0148. The van der Waals surface area contributed by atoms with Crippen molar-refractivity contribution in [1.82, 2.24) is 4.90 Å². The molecule has 0 unspecified atom stereocenters. The third-order valence-electron chi connectivity index (χ3n) is 5.76. The van der Waals surface area contributed by atoms with Crippen molar-refractivity contribution in [2.45, 2.75) is 31.0 Å². The summed E-state index contributed by atoms with van der Waals surface area (Å²) < 4.78 is 17.5. The van der Waals surface area contributed by atoms with Crippen LogP contribution < -0.4 is 10.1 Å². The molecule has 1 spiro atoms. The van der Waals surface area contributed by atoms with E-state index in [0.717, 1.165) is 49.6 Å². The van der Waals surface area contributed by atoms with Crippen LogP contribution in [0.25, 0.3) is 0 Å². The van der Waals surface area contributed by atoms with Crippen molar-refractivity contribution < 1.29 is 19.0 Å². The topological polar surface area (TPSA) is 60.0 Å². The van der Waals surface area contributed by atoms with E-state index >= 15 is 0 Å². The first-order chi connectivity index (χ1) is 14.2. The second-order valence-electron chi connectivity index (χ2n) is 7.71. The maximum absolute atomic E-state index is 12.5. The SMILES string of the molecule is CO[C@H]1CN(CC(=O)Nc2ccc(Oc3ccccc3)cc2)CC[C@]12CCCO2. The number of benzene rings is 2. The van der Waals surface area contributed by atoms with E-state index in [1.165, 1.54) is 0 Å². The number of methoxy groups -OCH3 is 1. The molecule has 2 atom stereocenters. The number of nitrogens with one attached hydrogen (secondary N) is 1. The van der Waals surface area contributed by atoms with Crippen molar-refractivity contribution in [2.75, 3.05) is 38.7 Å². The van der Waals surface area contributed by atoms with Gasteiger partial charge in [-0.2, -0.15) is 0 Å². The summed E-state index contributed by atoms with van der Waals surface area (Å²) in [6.07, 6.45) is 3.05. The van der Waals surface area contributed by atoms with E-state index in [-0.39, 0.29) is 17.6 Å². The van der Waals surface area contributed by atoms with Gasteiger partial charge in [0.1, 0.15) is 11.5 Å². The Kier molecular flexibility index (Phi) is 6.13. The van der Waals surface area contributed by atoms with E-state index in [0.29, 0.717) is 13.1 Å². The molecule has 1 N–H and O–H groups in total. The average molecular weight is 396 g/mol. The minimum Gasteiger partial charge on any atom is -0.457 e. The van der Waals surface area contributed by atoms with Gasteiger partial charge in [-0.15, -0.1) is 0 Å². The Morgan fingerprint density at radius 2 is 1.90 bits per heavy atom. The Hall–Kier alpha value is -2.41. The minimum atomic E-state index is -0.156. The molecule has 2 aromatic carbocycles. The van der Waals surface area contributed by atoms with Crippen LogP contribution in [0.15, 0.2) is 54.6 Å². The van der Waals surface area contributed by atoms with Gasteiger partial charge in [-0.1, -0.05) is 18.2 Å². The number of piperidine rings is 1. The quantitative estimate of drug-likeness (QED) is 0.807. The summed E-state index contributed by atoms with van der Waals surface area (Å²) in [5.74, 6) is 1.49. The van der Waals surface area contributed by atoms with E-state index < -0.39 is 0 Å². The molecule has 0 saturated carbocycles. The van der Waals surface area contributed by atoms with E-state index in [2.05, 4.69) is 10.2 Å². The largest absolute Gasteiger partial charge is 0.457 e. The highest BCUT2D eigenvalue weighted by molar-refractivity contribution is 5.92. The van der Waals surface area contributed by atoms with Crippen LogP contribution in [-0.2, 0) is 14.3 Å². The Balaban J connectivity index is 1.28. The number of likely N-dealkylation sites (tertiary alicyclic amines) is 1. The molecule has 2 heterocycles. The van der Waals surface area contributed by atoms with Crippen LogP contribution in [0.4, 0.5) is 5.69 Å². The number of carbonyl (C=O) groups is 1. The number of ether oxygens (including phenoxy) is 3. The fourth-order valence-electron chi connectivity index (χ4n) is 4.24. The highest BCUT2D eigenvalue weighted by Crippen LogP contribution is 2.37. The number of carbonyl (C=O) groups excluding carboxylic acids is 1. The summed E-state index contributed by atoms with van der Waals surface area (Å²) in [6.45, 7) is 2.72. The van der Waals surface area contributed by atoms with Crippen molar-refractivity contribution in [3.05, 3.63) is 54.6 Å². The van der Waals surface area contributed by atoms with Crippen LogP contribution in [0, 0.1) is 0 Å². The molecule has 6 heteroatoms. The van der Waals surface area contributed by atoms with Crippen LogP contribution in [0.1, 0.15) is 19.3 Å². The number of amides is 1. The maximum Gasteiger partial charge on any atom is 0.238 e. The molecule has 4 rings (SSSR count). The molecular formula is C23H28N2O4. The molecule has 2 aliphatic rings. The van der Waals surface area contributed by atoms with Crippen LogP contribution in [-0.4, -0.2) is 55.9 Å². The van der Waals surface area contributed by atoms with E-state index in [4.69, 9.17) is 14.2 Å². The molecule has 2 aromatic rings. The lowest BCUT2D eigenvalue weighted by Crippen LogP contribution is -2.57. The highest BCUT2D eigenvalue weighted by Gasteiger charge is 2.46. The standard InChI is InChI=1S/C23H28N2O4/c1-27-21-16-25(14-13-23(21)12-5-15-28-23)17-22(26)24-18-8-10-20(11-9-18)29-19-6-3-2-4-7-19/h2-4,6-11,21H,5,12-17H2,1H3,(H,24,26)/t21-,23+/m0/s1. The van der Waals surface area contributed by atoms with Crippen molar-refractivity contribution in [3.63, 3.8) is 0 Å². The van der Waals surface area contributed by atoms with Crippen molar-refractivity contribution in [3.8, 4) is 11.5 Å². The molecule has 6 nitrogen and oxygen atoms in total. The van der Waals surface area contributed by atoms with E-state index in [9.17, 15) is 4.79 Å². The monoisotopic (exact) mass is 396 g/mol. The molecule has 0 aromatic heterocycles. The van der Waals surface area contributed by atoms with E-state index in [1.54, 1.807) is 7.11 Å². The van der Waals surface area contributed by atoms with E-state index in [1.807, 2.05) is 54.6 Å². The smallest absolute Gasteiger partial charge is 0.238 e. The lowest BCUT2D eigenvalue weighted by Gasteiger charge is -2.44. The molecule has 0 aliphatic carbocycles. The van der Waals surface area contributed by atoms with Gasteiger partial charge in [0, 0.05) is 32.5 Å². The zero-order valence-electron chi connectivity index (χ0n) is 16.8. The number of para-hydroxylation sites is 1. The van der Waals surface area contributed by atoms with Gasteiger partial charge >= 0.3 is 0 Å². The molecular weight excluding hydrogens is 368 g/mol.